The van der Waals surface area contributed by atoms with Crippen molar-refractivity contribution in [2.45, 2.75) is 36.9 Å². The minimum atomic E-state index is -2.01. The van der Waals surface area contributed by atoms with Gasteiger partial charge in [-0.15, -0.1) is 0 Å². The molecule has 14 nitrogen and oxygen atoms in total. The number of ether oxygens (including phenoxy) is 6. The van der Waals surface area contributed by atoms with Crippen LogP contribution in [-0.4, -0.2) is 95.4 Å². The van der Waals surface area contributed by atoms with E-state index in [1.807, 2.05) is 0 Å². The molecule has 2 fully saturated rings. The molecule has 2 saturated heterocycles. The molecule has 0 spiro atoms. The minimum Gasteiger partial charge on any atom is -0.504 e. The molecule has 0 radical (unpaired) electrons. The first-order chi connectivity index (χ1) is 25.7. The fourth-order valence-corrected chi connectivity index (χ4v) is 7.25. The highest BCUT2D eigenvalue weighted by Gasteiger charge is 2.52. The van der Waals surface area contributed by atoms with Crippen molar-refractivity contribution < 1.29 is 68.6 Å². The second kappa shape index (κ2) is 14.9. The van der Waals surface area contributed by atoms with Crippen LogP contribution < -0.4 is 18.9 Å². The summed E-state index contributed by atoms with van der Waals surface area (Å²) in [6.07, 6.45) is -0.119. The Labute approximate surface area is 310 Å². The first-order valence-corrected chi connectivity index (χ1v) is 17.1. The van der Waals surface area contributed by atoms with Gasteiger partial charge in [-0.3, -0.25) is 0 Å². The number of esters is 2. The molecule has 2 heterocycles. The molecule has 4 aromatic rings. The van der Waals surface area contributed by atoms with Crippen molar-refractivity contribution in [3.8, 4) is 57.1 Å². The molecule has 0 aromatic heterocycles. The fourth-order valence-electron chi connectivity index (χ4n) is 7.25. The molecular formula is C40H42O14. The molecule has 0 bridgehead atoms. The van der Waals surface area contributed by atoms with E-state index in [0.29, 0.717) is 22.3 Å². The summed E-state index contributed by atoms with van der Waals surface area (Å²) in [6.45, 7) is -0.152. The van der Waals surface area contributed by atoms with Crippen LogP contribution in [0, 0.1) is 11.8 Å². The normalized spacial score (nSPS) is 22.1. The van der Waals surface area contributed by atoms with Gasteiger partial charge in [0.25, 0.3) is 0 Å². The second-order valence-electron chi connectivity index (χ2n) is 13.6. The number of phenols is 4. The zero-order valence-corrected chi connectivity index (χ0v) is 30.1. The lowest BCUT2D eigenvalue weighted by Gasteiger charge is -2.27. The lowest BCUT2D eigenvalue weighted by Crippen LogP contribution is -2.44. The van der Waals surface area contributed by atoms with Crippen LogP contribution in [0.1, 0.15) is 22.3 Å². The summed E-state index contributed by atoms with van der Waals surface area (Å²) in [5.41, 5.74) is -1.86. The van der Waals surface area contributed by atoms with E-state index < -0.39 is 35.0 Å². The average Bonchev–Trinajstić information content (AvgIpc) is 3.58. The number of hydrogen-bond acceptors (Lipinski definition) is 14. The van der Waals surface area contributed by atoms with Crippen molar-refractivity contribution in [1.29, 1.82) is 0 Å². The van der Waals surface area contributed by atoms with Gasteiger partial charge in [0, 0.05) is 35.8 Å². The van der Waals surface area contributed by atoms with Crippen LogP contribution in [0.5, 0.6) is 46.0 Å². The third kappa shape index (κ3) is 6.97. The summed E-state index contributed by atoms with van der Waals surface area (Å²) in [4.78, 5) is 26.2. The maximum absolute atomic E-state index is 13.1. The number of carbonyl (C=O) groups is 2. The van der Waals surface area contributed by atoms with Crippen LogP contribution in [0.25, 0.3) is 11.1 Å². The van der Waals surface area contributed by atoms with Gasteiger partial charge in [0.15, 0.2) is 57.2 Å². The van der Waals surface area contributed by atoms with E-state index in [0.717, 1.165) is 0 Å². The largest absolute Gasteiger partial charge is 0.504 e. The zero-order valence-electron chi connectivity index (χ0n) is 30.1. The minimum absolute atomic E-state index is 0.0246. The van der Waals surface area contributed by atoms with E-state index in [9.17, 15) is 40.2 Å². The predicted molar refractivity (Wildman–Crippen MR) is 191 cm³/mol. The Bertz CT molecular complexity index is 1930. The third-order valence-corrected chi connectivity index (χ3v) is 10.3. The van der Waals surface area contributed by atoms with Gasteiger partial charge < -0.3 is 59.1 Å². The van der Waals surface area contributed by atoms with Crippen LogP contribution in [0.15, 0.2) is 60.7 Å². The van der Waals surface area contributed by atoms with Crippen molar-refractivity contribution in [1.82, 2.24) is 0 Å². The molecule has 6 N–H and O–H groups in total. The summed E-state index contributed by atoms with van der Waals surface area (Å²) >= 11 is 0. The molecule has 286 valence electrons. The second-order valence-corrected chi connectivity index (χ2v) is 13.6. The van der Waals surface area contributed by atoms with E-state index in [4.69, 9.17) is 28.4 Å². The maximum Gasteiger partial charge on any atom is 0.338 e. The van der Waals surface area contributed by atoms with E-state index in [1.165, 1.54) is 64.8 Å². The van der Waals surface area contributed by atoms with Crippen molar-refractivity contribution in [2.75, 3.05) is 41.7 Å². The number of aromatic hydroxyl groups is 4. The lowest BCUT2D eigenvalue weighted by atomic mass is 9.79. The van der Waals surface area contributed by atoms with E-state index >= 15 is 0 Å². The molecule has 4 aromatic carbocycles. The molecule has 0 saturated carbocycles. The highest BCUT2D eigenvalue weighted by Crippen LogP contribution is 2.47. The number of aliphatic hydroxyl groups is 2. The predicted octanol–water partition coefficient (Wildman–Crippen LogP) is 3.59. The number of benzene rings is 4. The van der Waals surface area contributed by atoms with Gasteiger partial charge in [-0.25, -0.2) is 9.59 Å². The Morgan fingerprint density at radius 2 is 0.907 bits per heavy atom. The summed E-state index contributed by atoms with van der Waals surface area (Å²) in [5, 5.41) is 66.5. The first kappa shape index (κ1) is 37.9. The number of hydrogen-bond donors (Lipinski definition) is 6. The van der Waals surface area contributed by atoms with Crippen LogP contribution in [0.3, 0.4) is 0 Å². The summed E-state index contributed by atoms with van der Waals surface area (Å²) in [7, 11) is 5.47. The molecule has 2 aliphatic rings. The molecule has 0 amide bonds. The van der Waals surface area contributed by atoms with E-state index in [2.05, 4.69) is 0 Å². The number of cyclic esters (lactones) is 2. The molecular weight excluding hydrogens is 704 g/mol. The topological polar surface area (TPSA) is 211 Å². The summed E-state index contributed by atoms with van der Waals surface area (Å²) < 4.78 is 32.0. The Balaban J connectivity index is 1.34. The smallest absolute Gasteiger partial charge is 0.338 e. The van der Waals surface area contributed by atoms with Crippen LogP contribution >= 0.6 is 0 Å². The molecule has 4 atom stereocenters. The monoisotopic (exact) mass is 746 g/mol. The number of carbonyl (C=O) groups excluding carboxylic acids is 2. The summed E-state index contributed by atoms with van der Waals surface area (Å²) in [6, 6.07) is 15.3. The van der Waals surface area contributed by atoms with Gasteiger partial charge in [0.05, 0.1) is 41.7 Å². The van der Waals surface area contributed by atoms with Crippen LogP contribution in [0.2, 0.25) is 0 Å². The van der Waals surface area contributed by atoms with Gasteiger partial charge in [-0.2, -0.15) is 0 Å². The molecule has 2 aliphatic heterocycles. The lowest BCUT2D eigenvalue weighted by molar-refractivity contribution is -0.154. The fraction of sp³-hybridized carbons (Fsp3) is 0.350. The number of rotatable bonds is 13. The van der Waals surface area contributed by atoms with Crippen molar-refractivity contribution in [3.05, 3.63) is 82.9 Å². The average molecular weight is 747 g/mol. The molecule has 14 heteroatoms. The number of methoxy groups -OCH3 is 4. The Hall–Kier alpha value is -5.86. The van der Waals surface area contributed by atoms with Gasteiger partial charge in [-0.05, 0) is 83.6 Å². The van der Waals surface area contributed by atoms with Gasteiger partial charge >= 0.3 is 11.9 Å². The number of phenolic OH excluding ortho intramolecular Hbond substituents is 4. The van der Waals surface area contributed by atoms with Gasteiger partial charge in [0.1, 0.15) is 0 Å². The Morgan fingerprint density at radius 3 is 1.26 bits per heavy atom. The standard InChI is InChI=1S/C40H42O14/c1-49-31-13-21(5-7-29(31)41)9-25-19-53-37(45)39(25,47)17-23-11-27(35(43)33(15-23)51-3)28-12-24(16-34(52-4)36(28)44)18-40(48)26(20-54-38(40)46)10-22-6-8-30(42)32(14-22)50-2/h5-8,11-16,25-26,41-44,47-48H,9-10,17-20H2,1-4H3/t25-,26-,39+,40+/m1/s1. The summed E-state index contributed by atoms with van der Waals surface area (Å²) in [5.74, 6) is -3.54. The first-order valence-electron chi connectivity index (χ1n) is 17.1. The van der Waals surface area contributed by atoms with Crippen LogP contribution in [0.4, 0.5) is 0 Å². The van der Waals surface area contributed by atoms with Gasteiger partial charge in [-0.1, -0.05) is 12.1 Å². The van der Waals surface area contributed by atoms with E-state index in [-0.39, 0.29) is 96.0 Å². The van der Waals surface area contributed by atoms with Crippen molar-refractivity contribution in [2.24, 2.45) is 11.8 Å². The van der Waals surface area contributed by atoms with Gasteiger partial charge in [0.2, 0.25) is 0 Å². The quantitative estimate of drug-likeness (QED) is 0.108. The SMILES string of the molecule is COc1cc(C[C@@H]2COC(=O)[C@]2(O)Cc2cc(OC)c(O)c(-c3cc(C[C@@]4(O)C(=O)OC[C@H]4Cc4ccc(O)c(OC)c4)cc(OC)c3O)c2)ccc1O. The molecule has 0 aliphatic carbocycles. The zero-order chi connectivity index (χ0) is 38.9. The highest BCUT2D eigenvalue weighted by atomic mass is 16.6. The molecule has 54 heavy (non-hydrogen) atoms. The Morgan fingerprint density at radius 1 is 0.556 bits per heavy atom. The third-order valence-electron chi connectivity index (χ3n) is 10.3. The molecule has 0 unspecified atom stereocenters. The van der Waals surface area contributed by atoms with Crippen LogP contribution in [-0.2, 0) is 44.7 Å². The van der Waals surface area contributed by atoms with Crippen molar-refractivity contribution in [3.63, 3.8) is 0 Å². The molecule has 6 rings (SSSR count). The van der Waals surface area contributed by atoms with E-state index in [1.54, 1.807) is 24.3 Å². The highest BCUT2D eigenvalue weighted by molar-refractivity contribution is 5.85. The Kier molecular flexibility index (Phi) is 10.4. The maximum atomic E-state index is 13.1. The van der Waals surface area contributed by atoms with Crippen molar-refractivity contribution >= 4 is 11.9 Å².